The molecule has 0 aliphatic carbocycles. The van der Waals surface area contributed by atoms with E-state index in [2.05, 4.69) is 25.3 Å². The fourth-order valence-electron chi connectivity index (χ4n) is 5.73. The van der Waals surface area contributed by atoms with Crippen molar-refractivity contribution in [1.29, 1.82) is 0 Å². The number of carbonyl (C=O) groups is 7. The summed E-state index contributed by atoms with van der Waals surface area (Å²) in [6, 6.07) is 3.13. The molecule has 3 aromatic rings. The van der Waals surface area contributed by atoms with Crippen LogP contribution in [0.15, 0.2) is 47.4 Å². The zero-order valence-corrected chi connectivity index (χ0v) is 32.8. The molecule has 0 radical (unpaired) electrons. The van der Waals surface area contributed by atoms with Crippen molar-refractivity contribution in [3.8, 4) is 0 Å². The predicted molar refractivity (Wildman–Crippen MR) is 203 cm³/mol. The van der Waals surface area contributed by atoms with Gasteiger partial charge >= 0.3 is 18.1 Å². The molecule has 19 nitrogen and oxygen atoms in total. The molecule has 0 spiro atoms. The van der Waals surface area contributed by atoms with Crippen LogP contribution in [0.2, 0.25) is 0 Å². The number of halogens is 3. The maximum atomic E-state index is 13.6. The number of nitrogens with one attached hydrogen (secondary N) is 2. The summed E-state index contributed by atoms with van der Waals surface area (Å²) in [7, 11) is 1.09. The van der Waals surface area contributed by atoms with Gasteiger partial charge in [0.15, 0.2) is 17.0 Å². The van der Waals surface area contributed by atoms with Crippen molar-refractivity contribution in [2.24, 2.45) is 0 Å². The Kier molecular flexibility index (Phi) is 15.8. The van der Waals surface area contributed by atoms with Crippen LogP contribution < -0.4 is 21.5 Å². The van der Waals surface area contributed by atoms with Crippen LogP contribution in [0.3, 0.4) is 0 Å². The van der Waals surface area contributed by atoms with Crippen molar-refractivity contribution in [3.05, 3.63) is 64.2 Å². The first-order valence-corrected chi connectivity index (χ1v) is 18.5. The number of rotatable bonds is 22. The molecule has 1 aliphatic heterocycles. The average Bonchev–Trinajstić information content (AvgIpc) is 3.52. The summed E-state index contributed by atoms with van der Waals surface area (Å²) in [5.74, 6) is -6.49. The van der Waals surface area contributed by atoms with E-state index in [0.29, 0.717) is 17.7 Å². The minimum Gasteiger partial charge on any atom is -0.467 e. The number of alkyl halides is 3. The molecule has 322 valence electrons. The maximum absolute atomic E-state index is 13.6. The number of methoxy groups -OCH3 is 1. The van der Waals surface area contributed by atoms with Crippen LogP contribution in [0.4, 0.5) is 24.8 Å². The van der Waals surface area contributed by atoms with E-state index in [1.54, 1.807) is 13.8 Å². The van der Waals surface area contributed by atoms with Crippen LogP contribution >= 0.6 is 0 Å². The zero-order chi connectivity index (χ0) is 44.2. The number of amides is 4. The summed E-state index contributed by atoms with van der Waals surface area (Å²) in [4.78, 5) is 114. The van der Waals surface area contributed by atoms with Crippen molar-refractivity contribution >= 4 is 64.0 Å². The van der Waals surface area contributed by atoms with E-state index in [0.717, 1.165) is 54.6 Å². The van der Waals surface area contributed by atoms with Crippen LogP contribution in [-0.2, 0) is 49.5 Å². The lowest BCUT2D eigenvalue weighted by Crippen LogP contribution is -2.42. The third kappa shape index (κ3) is 13.3. The van der Waals surface area contributed by atoms with Gasteiger partial charge in [-0.2, -0.15) is 18.2 Å². The number of nitrogens with two attached hydrogens (primary N) is 1. The molecule has 2 aromatic heterocycles. The molecule has 1 atom stereocenters. The van der Waals surface area contributed by atoms with E-state index in [-0.39, 0.29) is 97.5 Å². The summed E-state index contributed by atoms with van der Waals surface area (Å²) < 4.78 is 57.1. The predicted octanol–water partition coefficient (Wildman–Crippen LogP) is 2.23. The second-order valence-electron chi connectivity index (χ2n) is 13.8. The van der Waals surface area contributed by atoms with Gasteiger partial charge in [-0.3, -0.25) is 48.3 Å². The van der Waals surface area contributed by atoms with E-state index >= 15 is 0 Å². The van der Waals surface area contributed by atoms with Crippen molar-refractivity contribution in [1.82, 2.24) is 30.2 Å². The fourth-order valence-corrected chi connectivity index (χ4v) is 5.73. The van der Waals surface area contributed by atoms with Crippen LogP contribution in [0, 0.1) is 0 Å². The van der Waals surface area contributed by atoms with Gasteiger partial charge in [-0.1, -0.05) is 0 Å². The first kappa shape index (κ1) is 46.3. The van der Waals surface area contributed by atoms with Gasteiger partial charge in [0.2, 0.25) is 5.95 Å². The SMILES string of the molecule is COC(=O)[C@H](CCC(=O)CCCOC(C)(C)OCCCC(=O)CCN1C(=O)C=CC1=O)NC(=O)c1ccc(N(Cc2cnc3nc(N)[nH]c(=O)c3n2)C(=O)C(F)(F)F)cc1. The standard InChI is InChI=1S/C38H43F3N8O11/c1-37(2,60-19-5-7-26(51)16-17-48-28(52)14-15-29(48)53)59-18-4-6-25(50)12-13-27(34(56)58-3)45-32(54)22-8-10-24(11-9-22)49(35(57)38(39,40)41)21-23-20-43-31-30(44-23)33(55)47-36(42)46-31/h8-11,14-15,20,27H,4-7,12-13,16-19,21H2,1-3H3,(H,45,54)(H3,42,43,46,47,55)/t27-/m0/s1. The first-order chi connectivity index (χ1) is 28.3. The Labute approximate surface area is 339 Å². The van der Waals surface area contributed by atoms with E-state index in [4.69, 9.17) is 19.9 Å². The quantitative estimate of drug-likeness (QED) is 0.0567. The Hall–Kier alpha value is -6.42. The highest BCUT2D eigenvalue weighted by Gasteiger charge is 2.43. The lowest BCUT2D eigenvalue weighted by Gasteiger charge is -2.25. The van der Waals surface area contributed by atoms with Crippen molar-refractivity contribution in [2.45, 2.75) is 83.3 Å². The molecular weight excluding hydrogens is 801 g/mol. The number of hydrogen-bond donors (Lipinski definition) is 3. The average molecular weight is 845 g/mol. The largest absolute Gasteiger partial charge is 0.471 e. The van der Waals surface area contributed by atoms with E-state index < -0.39 is 59.7 Å². The molecule has 4 amide bonds. The molecule has 0 bridgehead atoms. The van der Waals surface area contributed by atoms with Crippen molar-refractivity contribution in [3.63, 3.8) is 0 Å². The monoisotopic (exact) mass is 844 g/mol. The number of Topliss-reactive ketones (excluding diaryl/α,β-unsaturated/α-hetero) is 2. The molecule has 60 heavy (non-hydrogen) atoms. The van der Waals surface area contributed by atoms with Gasteiger partial charge in [-0.05, 0) is 57.4 Å². The number of benzene rings is 1. The van der Waals surface area contributed by atoms with Crippen LogP contribution in [0.25, 0.3) is 11.2 Å². The van der Waals surface area contributed by atoms with Crippen LogP contribution in [-0.4, -0.2) is 111 Å². The Morgan fingerprint density at radius 1 is 0.900 bits per heavy atom. The molecule has 0 unspecified atom stereocenters. The topological polar surface area (TPSA) is 263 Å². The number of nitrogen functional groups attached to an aromatic ring is 1. The van der Waals surface area contributed by atoms with Gasteiger partial charge in [0.1, 0.15) is 17.6 Å². The number of nitrogens with zero attached hydrogens (tertiary/aromatic N) is 5. The second kappa shape index (κ2) is 20.5. The maximum Gasteiger partial charge on any atom is 0.471 e. The highest BCUT2D eigenvalue weighted by molar-refractivity contribution is 6.13. The normalized spacial score (nSPS) is 13.4. The lowest BCUT2D eigenvalue weighted by atomic mass is 10.1. The van der Waals surface area contributed by atoms with Crippen molar-refractivity contribution in [2.75, 3.05) is 37.5 Å². The molecule has 0 saturated heterocycles. The molecule has 4 N–H and O–H groups in total. The van der Waals surface area contributed by atoms with Crippen LogP contribution in [0.1, 0.15) is 74.8 Å². The number of fused-ring (bicyclic) bond motifs is 1. The number of aromatic nitrogens is 4. The summed E-state index contributed by atoms with van der Waals surface area (Å²) >= 11 is 0. The van der Waals surface area contributed by atoms with Gasteiger partial charge in [0.25, 0.3) is 23.3 Å². The summed E-state index contributed by atoms with van der Waals surface area (Å²) in [5.41, 5.74) is 3.62. The highest BCUT2D eigenvalue weighted by atomic mass is 19.4. The number of ether oxygens (including phenoxy) is 3. The Bertz CT molecular complexity index is 2170. The Morgan fingerprint density at radius 3 is 2.08 bits per heavy atom. The van der Waals surface area contributed by atoms with Gasteiger partial charge in [0, 0.05) is 55.6 Å². The van der Waals surface area contributed by atoms with Gasteiger partial charge in [0.05, 0.1) is 38.8 Å². The van der Waals surface area contributed by atoms with Crippen LogP contribution in [0.5, 0.6) is 0 Å². The summed E-state index contributed by atoms with van der Waals surface area (Å²) in [5, 5.41) is 2.46. The number of ketones is 2. The number of esters is 1. The molecule has 0 fully saturated rings. The van der Waals surface area contributed by atoms with E-state index in [1.165, 1.54) is 0 Å². The molecule has 22 heteroatoms. The zero-order valence-electron chi connectivity index (χ0n) is 32.8. The number of carbonyl (C=O) groups excluding carboxylic acids is 7. The minimum absolute atomic E-state index is 0.0167. The molecule has 1 aromatic carbocycles. The summed E-state index contributed by atoms with van der Waals surface area (Å²) in [6.07, 6.45) is -1.23. The van der Waals surface area contributed by atoms with Gasteiger partial charge < -0.3 is 25.3 Å². The molecule has 0 saturated carbocycles. The lowest BCUT2D eigenvalue weighted by molar-refractivity contribution is -0.214. The number of aromatic amines is 1. The molecular formula is C38H43F3N8O11. The van der Waals surface area contributed by atoms with E-state index in [9.17, 15) is 51.5 Å². The third-order valence-corrected chi connectivity index (χ3v) is 8.85. The first-order valence-electron chi connectivity index (χ1n) is 18.5. The number of H-pyrrole nitrogens is 1. The van der Waals surface area contributed by atoms with Gasteiger partial charge in [-0.15, -0.1) is 0 Å². The van der Waals surface area contributed by atoms with Gasteiger partial charge in [-0.25, -0.2) is 14.8 Å². The number of anilines is 2. The number of imide groups is 1. The smallest absolute Gasteiger partial charge is 0.467 e. The second-order valence-corrected chi connectivity index (χ2v) is 13.8. The summed E-state index contributed by atoms with van der Waals surface area (Å²) in [6.45, 7) is 2.93. The fraction of sp³-hybridized carbons (Fsp3) is 0.447. The minimum atomic E-state index is -5.32. The Morgan fingerprint density at radius 2 is 1.50 bits per heavy atom. The highest BCUT2D eigenvalue weighted by Crippen LogP contribution is 2.26. The molecule has 3 heterocycles. The molecule has 1 aliphatic rings. The third-order valence-electron chi connectivity index (χ3n) is 8.85. The molecule has 4 rings (SSSR count). The Balaban J connectivity index is 1.23. The number of hydrogen-bond acceptors (Lipinski definition) is 15. The van der Waals surface area contributed by atoms with Crippen molar-refractivity contribution < 1.29 is 60.9 Å². The van der Waals surface area contributed by atoms with E-state index in [1.807, 2.05) is 0 Å².